The van der Waals surface area contributed by atoms with Crippen molar-refractivity contribution >= 4 is 0 Å². The molecule has 0 aromatic carbocycles. The molecule has 1 heteroatoms. The van der Waals surface area contributed by atoms with E-state index in [4.69, 9.17) is 0 Å². The van der Waals surface area contributed by atoms with Crippen LogP contribution in [0, 0.1) is 22.7 Å². The van der Waals surface area contributed by atoms with Gasteiger partial charge in [0.15, 0.2) is 0 Å². The van der Waals surface area contributed by atoms with Crippen LogP contribution in [-0.4, -0.2) is 10.7 Å². The maximum atomic E-state index is 10.8. The summed E-state index contributed by atoms with van der Waals surface area (Å²) in [4.78, 5) is 0. The van der Waals surface area contributed by atoms with E-state index in [1.54, 1.807) is 0 Å². The second kappa shape index (κ2) is 2.75. The molecule has 0 radical (unpaired) electrons. The van der Waals surface area contributed by atoms with E-state index < -0.39 is 5.60 Å². The van der Waals surface area contributed by atoms with Crippen LogP contribution >= 0.6 is 0 Å². The molecule has 0 aliphatic heterocycles. The van der Waals surface area contributed by atoms with Crippen LogP contribution in [0.1, 0.15) is 53.4 Å². The number of hydrogen-bond acceptors (Lipinski definition) is 1. The van der Waals surface area contributed by atoms with E-state index in [0.29, 0.717) is 11.3 Å². The van der Waals surface area contributed by atoms with Crippen LogP contribution in [0.5, 0.6) is 0 Å². The van der Waals surface area contributed by atoms with Gasteiger partial charge in [-0.1, -0.05) is 26.8 Å². The van der Waals surface area contributed by atoms with Crippen molar-refractivity contribution in [3.8, 4) is 0 Å². The highest BCUT2D eigenvalue weighted by Crippen LogP contribution is 2.67. The second-order valence-electron chi connectivity index (χ2n) is 7.47. The molecule has 0 spiro atoms. The second-order valence-corrected chi connectivity index (χ2v) is 7.47. The van der Waals surface area contributed by atoms with Crippen LogP contribution in [0.3, 0.4) is 0 Å². The summed E-state index contributed by atoms with van der Waals surface area (Å²) in [7, 11) is 0. The zero-order chi connectivity index (χ0) is 11.8. The van der Waals surface area contributed by atoms with Crippen molar-refractivity contribution in [2.75, 3.05) is 0 Å². The van der Waals surface area contributed by atoms with Gasteiger partial charge in [0.25, 0.3) is 0 Å². The van der Waals surface area contributed by atoms with Crippen LogP contribution in [-0.2, 0) is 0 Å². The molecule has 1 nitrogen and oxygen atoms in total. The summed E-state index contributed by atoms with van der Waals surface area (Å²) in [6, 6.07) is 0. The van der Waals surface area contributed by atoms with E-state index in [-0.39, 0.29) is 5.41 Å². The Bertz CT molecular complexity index is 368. The summed E-state index contributed by atoms with van der Waals surface area (Å²) in [5, 5.41) is 10.8. The molecule has 0 heterocycles. The lowest BCUT2D eigenvalue weighted by atomic mass is 9.46. The van der Waals surface area contributed by atoms with Gasteiger partial charge in [0.1, 0.15) is 0 Å². The smallest absolute Gasteiger partial charge is 0.0910 e. The molecule has 16 heavy (non-hydrogen) atoms. The zero-order valence-electron chi connectivity index (χ0n) is 11.0. The van der Waals surface area contributed by atoms with Crippen LogP contribution < -0.4 is 0 Å². The van der Waals surface area contributed by atoms with E-state index >= 15 is 0 Å². The minimum absolute atomic E-state index is 0.171. The molecule has 3 aliphatic carbocycles. The molecule has 4 unspecified atom stereocenters. The Morgan fingerprint density at radius 3 is 2.44 bits per heavy atom. The largest absolute Gasteiger partial charge is 0.385 e. The van der Waals surface area contributed by atoms with Gasteiger partial charge in [-0.25, -0.2) is 0 Å². The Morgan fingerprint density at radius 2 is 1.88 bits per heavy atom. The fourth-order valence-corrected chi connectivity index (χ4v) is 4.84. The molecule has 0 amide bonds. The fourth-order valence-electron chi connectivity index (χ4n) is 4.84. The molecule has 0 saturated heterocycles. The molecule has 1 N–H and O–H groups in total. The predicted octanol–water partition coefficient (Wildman–Crippen LogP) is 3.53. The van der Waals surface area contributed by atoms with Gasteiger partial charge >= 0.3 is 0 Å². The van der Waals surface area contributed by atoms with Crippen LogP contribution in [0.15, 0.2) is 11.6 Å². The first-order chi connectivity index (χ1) is 7.29. The molecule has 90 valence electrons. The normalized spacial score (nSPS) is 53.7. The molecule has 3 rings (SSSR count). The Kier molecular flexibility index (Phi) is 1.86. The molecule has 0 aromatic heterocycles. The first kappa shape index (κ1) is 10.8. The predicted molar refractivity (Wildman–Crippen MR) is 66.0 cm³/mol. The van der Waals surface area contributed by atoms with Crippen molar-refractivity contribution in [3.63, 3.8) is 0 Å². The van der Waals surface area contributed by atoms with Gasteiger partial charge in [0.2, 0.25) is 0 Å². The van der Waals surface area contributed by atoms with Crippen molar-refractivity contribution in [3.05, 3.63) is 11.6 Å². The van der Waals surface area contributed by atoms with Gasteiger partial charge in [0, 0.05) is 5.41 Å². The molecule has 0 bridgehead atoms. The lowest BCUT2D eigenvalue weighted by Crippen LogP contribution is -2.62. The number of aliphatic hydroxyl groups is 1. The van der Waals surface area contributed by atoms with E-state index in [1.165, 1.54) is 24.8 Å². The van der Waals surface area contributed by atoms with E-state index in [2.05, 4.69) is 33.8 Å². The molecular weight excluding hydrogens is 196 g/mol. The third kappa shape index (κ3) is 1.06. The minimum Gasteiger partial charge on any atom is -0.385 e. The number of fused-ring (bicyclic) bond motifs is 3. The quantitative estimate of drug-likeness (QED) is 0.619. The maximum Gasteiger partial charge on any atom is 0.0910 e. The lowest BCUT2D eigenvalue weighted by molar-refractivity contribution is -0.173. The van der Waals surface area contributed by atoms with Crippen LogP contribution in [0.25, 0.3) is 0 Å². The van der Waals surface area contributed by atoms with Gasteiger partial charge in [0.05, 0.1) is 5.60 Å². The van der Waals surface area contributed by atoms with E-state index in [9.17, 15) is 5.11 Å². The lowest BCUT2D eigenvalue weighted by Gasteiger charge is -2.62. The molecule has 4 atom stereocenters. The Hall–Kier alpha value is -0.300. The topological polar surface area (TPSA) is 20.2 Å². The van der Waals surface area contributed by atoms with Crippen molar-refractivity contribution in [2.45, 2.75) is 59.0 Å². The Balaban J connectivity index is 2.04. The molecule has 0 aromatic rings. The number of allylic oxidation sites excluding steroid dienone is 1. The monoisotopic (exact) mass is 220 g/mol. The first-order valence-corrected chi connectivity index (χ1v) is 6.70. The van der Waals surface area contributed by atoms with Gasteiger partial charge < -0.3 is 5.11 Å². The zero-order valence-corrected chi connectivity index (χ0v) is 11.0. The van der Waals surface area contributed by atoms with Gasteiger partial charge in [-0.3, -0.25) is 0 Å². The average Bonchev–Trinajstić information content (AvgIpc) is 2.48. The third-order valence-corrected chi connectivity index (χ3v) is 5.96. The maximum absolute atomic E-state index is 10.8. The molecule has 3 aliphatic rings. The van der Waals surface area contributed by atoms with Gasteiger partial charge in [-0.15, -0.1) is 0 Å². The Morgan fingerprint density at radius 1 is 1.19 bits per heavy atom. The van der Waals surface area contributed by atoms with E-state index in [1.807, 2.05) is 0 Å². The summed E-state index contributed by atoms with van der Waals surface area (Å²) in [5.74, 6) is 1.44. The molecule has 2 saturated carbocycles. The summed E-state index contributed by atoms with van der Waals surface area (Å²) in [6.07, 6.45) is 7.18. The molecular formula is C15H24O. The molecule has 2 fully saturated rings. The van der Waals surface area contributed by atoms with E-state index in [0.717, 1.165) is 12.3 Å². The van der Waals surface area contributed by atoms with Gasteiger partial charge in [-0.05, 0) is 55.4 Å². The highest BCUT2D eigenvalue weighted by atomic mass is 16.3. The highest BCUT2D eigenvalue weighted by molar-refractivity contribution is 5.33. The van der Waals surface area contributed by atoms with Gasteiger partial charge in [-0.2, -0.15) is 0 Å². The first-order valence-electron chi connectivity index (χ1n) is 6.70. The summed E-state index contributed by atoms with van der Waals surface area (Å²) in [6.45, 7) is 9.23. The van der Waals surface area contributed by atoms with Crippen molar-refractivity contribution in [2.24, 2.45) is 22.7 Å². The van der Waals surface area contributed by atoms with Crippen molar-refractivity contribution in [1.29, 1.82) is 0 Å². The standard InChI is InChI=1S/C15H24O/c1-10-7-11-8-13(2,3)9-12(11)14(4)5-6-15(10,14)16/h7,11-12,16H,5-6,8-9H2,1-4H3. The van der Waals surface area contributed by atoms with Crippen molar-refractivity contribution in [1.82, 2.24) is 0 Å². The van der Waals surface area contributed by atoms with Crippen LogP contribution in [0.4, 0.5) is 0 Å². The number of hydrogen-bond donors (Lipinski definition) is 1. The summed E-state index contributed by atoms with van der Waals surface area (Å²) in [5.41, 5.74) is 1.43. The third-order valence-electron chi connectivity index (χ3n) is 5.96. The van der Waals surface area contributed by atoms with Crippen LogP contribution in [0.2, 0.25) is 0 Å². The summed E-state index contributed by atoms with van der Waals surface area (Å²) < 4.78 is 0. The highest BCUT2D eigenvalue weighted by Gasteiger charge is 2.65. The summed E-state index contributed by atoms with van der Waals surface area (Å²) >= 11 is 0. The Labute approximate surface area is 98.9 Å². The SMILES string of the molecule is CC1=CC2CC(C)(C)CC2C2(C)CCC12O. The number of rotatable bonds is 0. The fraction of sp³-hybridized carbons (Fsp3) is 0.867. The van der Waals surface area contributed by atoms with Crippen molar-refractivity contribution < 1.29 is 5.11 Å². The average molecular weight is 220 g/mol. The minimum atomic E-state index is -0.464.